The van der Waals surface area contributed by atoms with Gasteiger partial charge in [0, 0.05) is 32.5 Å². The molecule has 0 spiro atoms. The van der Waals surface area contributed by atoms with Crippen LogP contribution >= 0.6 is 24.0 Å². The van der Waals surface area contributed by atoms with Crippen LogP contribution in [-0.2, 0) is 0 Å². The SMILES string of the molecule is CCNC(=NCCNC(=O)c1cccnc1)N(C)CCOc1ccccc1.I. The maximum atomic E-state index is 12.0. The third-order valence-electron chi connectivity index (χ3n) is 3.72. The zero-order chi connectivity index (χ0) is 19.3. The minimum atomic E-state index is -0.145. The van der Waals surface area contributed by atoms with Crippen LogP contribution in [-0.4, -0.2) is 61.6 Å². The van der Waals surface area contributed by atoms with Gasteiger partial charge in [-0.2, -0.15) is 0 Å². The van der Waals surface area contributed by atoms with Gasteiger partial charge < -0.3 is 20.3 Å². The van der Waals surface area contributed by atoms with Crippen LogP contribution in [0.4, 0.5) is 0 Å². The highest BCUT2D eigenvalue weighted by Crippen LogP contribution is 2.07. The molecule has 0 saturated carbocycles. The number of para-hydroxylation sites is 1. The quantitative estimate of drug-likeness (QED) is 0.241. The molecular weight excluding hydrogens is 469 g/mol. The number of hydrogen-bond acceptors (Lipinski definition) is 4. The van der Waals surface area contributed by atoms with Crippen molar-refractivity contribution >= 4 is 35.8 Å². The van der Waals surface area contributed by atoms with E-state index in [2.05, 4.69) is 20.6 Å². The van der Waals surface area contributed by atoms with E-state index in [-0.39, 0.29) is 29.9 Å². The molecule has 2 N–H and O–H groups in total. The second kappa shape index (κ2) is 13.8. The summed E-state index contributed by atoms with van der Waals surface area (Å²) in [6.07, 6.45) is 3.18. The van der Waals surface area contributed by atoms with Crippen molar-refractivity contribution in [2.24, 2.45) is 4.99 Å². The number of carbonyl (C=O) groups excluding carboxylic acids is 1. The Hall–Kier alpha value is -2.36. The summed E-state index contributed by atoms with van der Waals surface area (Å²) in [4.78, 5) is 22.5. The first-order valence-corrected chi connectivity index (χ1v) is 9.06. The van der Waals surface area contributed by atoms with Crippen molar-refractivity contribution in [3.63, 3.8) is 0 Å². The first-order chi connectivity index (χ1) is 13.2. The van der Waals surface area contributed by atoms with Gasteiger partial charge in [-0.05, 0) is 31.2 Å². The van der Waals surface area contributed by atoms with Gasteiger partial charge in [0.1, 0.15) is 12.4 Å². The molecule has 2 rings (SSSR count). The molecular formula is C20H28IN5O2. The average molecular weight is 497 g/mol. The van der Waals surface area contributed by atoms with Crippen LogP contribution in [0.1, 0.15) is 17.3 Å². The van der Waals surface area contributed by atoms with Gasteiger partial charge >= 0.3 is 0 Å². The molecule has 0 bridgehead atoms. The number of benzene rings is 1. The molecule has 0 radical (unpaired) electrons. The van der Waals surface area contributed by atoms with Gasteiger partial charge in [0.2, 0.25) is 0 Å². The number of nitrogens with one attached hydrogen (secondary N) is 2. The van der Waals surface area contributed by atoms with Crippen LogP contribution < -0.4 is 15.4 Å². The summed E-state index contributed by atoms with van der Waals surface area (Å²) in [6.45, 7) is 4.99. The third kappa shape index (κ3) is 8.55. The van der Waals surface area contributed by atoms with Crippen LogP contribution in [0.3, 0.4) is 0 Å². The number of likely N-dealkylation sites (N-methyl/N-ethyl adjacent to an activating group) is 1. The van der Waals surface area contributed by atoms with E-state index in [1.54, 1.807) is 24.5 Å². The normalized spacial score (nSPS) is 10.6. The molecule has 0 unspecified atom stereocenters. The molecule has 1 aromatic heterocycles. The zero-order valence-corrected chi connectivity index (χ0v) is 18.6. The van der Waals surface area contributed by atoms with E-state index < -0.39 is 0 Å². The molecule has 0 aliphatic rings. The van der Waals surface area contributed by atoms with Gasteiger partial charge in [-0.3, -0.25) is 14.8 Å². The number of nitrogens with zero attached hydrogens (tertiary/aromatic N) is 3. The number of aromatic nitrogens is 1. The number of hydrogen-bond donors (Lipinski definition) is 2. The van der Waals surface area contributed by atoms with E-state index in [1.165, 1.54) is 0 Å². The molecule has 1 aromatic carbocycles. The predicted octanol–water partition coefficient (Wildman–Crippen LogP) is 2.41. The number of halogens is 1. The Morgan fingerprint density at radius 3 is 2.64 bits per heavy atom. The summed E-state index contributed by atoms with van der Waals surface area (Å²) in [5.41, 5.74) is 0.545. The largest absolute Gasteiger partial charge is 0.492 e. The predicted molar refractivity (Wildman–Crippen MR) is 123 cm³/mol. The van der Waals surface area contributed by atoms with Gasteiger partial charge in [-0.25, -0.2) is 0 Å². The number of guanidine groups is 1. The lowest BCUT2D eigenvalue weighted by Gasteiger charge is -2.22. The molecule has 0 aliphatic heterocycles. The third-order valence-corrected chi connectivity index (χ3v) is 3.72. The Morgan fingerprint density at radius 2 is 1.96 bits per heavy atom. The van der Waals surface area contributed by atoms with Crippen molar-refractivity contribution < 1.29 is 9.53 Å². The Labute approximate surface area is 183 Å². The lowest BCUT2D eigenvalue weighted by molar-refractivity contribution is 0.0954. The minimum Gasteiger partial charge on any atom is -0.492 e. The molecule has 1 amide bonds. The van der Waals surface area contributed by atoms with Gasteiger partial charge in [-0.1, -0.05) is 18.2 Å². The van der Waals surface area contributed by atoms with E-state index in [4.69, 9.17) is 4.74 Å². The fraction of sp³-hybridized carbons (Fsp3) is 0.350. The van der Waals surface area contributed by atoms with Crippen LogP contribution in [0.15, 0.2) is 59.9 Å². The molecule has 0 aliphatic carbocycles. The van der Waals surface area contributed by atoms with Gasteiger partial charge in [-0.15, -0.1) is 24.0 Å². The lowest BCUT2D eigenvalue weighted by atomic mass is 10.3. The smallest absolute Gasteiger partial charge is 0.252 e. The van der Waals surface area contributed by atoms with Crippen LogP contribution in [0.2, 0.25) is 0 Å². The standard InChI is InChI=1S/C20H27N5O2.HI/c1-3-22-20(25(2)14-15-27-18-9-5-4-6-10-18)24-13-12-23-19(26)17-8-7-11-21-16-17;/h4-11,16H,3,12-15H2,1-2H3,(H,22,24)(H,23,26);1H. The van der Waals surface area contributed by atoms with E-state index in [1.807, 2.05) is 49.2 Å². The average Bonchev–Trinajstić information content (AvgIpc) is 2.71. The summed E-state index contributed by atoms with van der Waals surface area (Å²) in [7, 11) is 1.96. The number of ether oxygens (including phenoxy) is 1. The summed E-state index contributed by atoms with van der Waals surface area (Å²) >= 11 is 0. The highest BCUT2D eigenvalue weighted by atomic mass is 127. The lowest BCUT2D eigenvalue weighted by Crippen LogP contribution is -2.41. The highest BCUT2D eigenvalue weighted by molar-refractivity contribution is 14.0. The Morgan fingerprint density at radius 1 is 1.18 bits per heavy atom. The second-order valence-electron chi connectivity index (χ2n) is 5.82. The van der Waals surface area contributed by atoms with Gasteiger partial charge in [0.05, 0.1) is 18.7 Å². The van der Waals surface area contributed by atoms with E-state index >= 15 is 0 Å². The Bertz CT molecular complexity index is 713. The van der Waals surface area contributed by atoms with Gasteiger partial charge in [0.25, 0.3) is 5.91 Å². The summed E-state index contributed by atoms with van der Waals surface area (Å²) < 4.78 is 5.72. The molecule has 0 fully saturated rings. The van der Waals surface area contributed by atoms with E-state index in [9.17, 15) is 4.79 Å². The molecule has 7 nitrogen and oxygen atoms in total. The van der Waals surface area contributed by atoms with E-state index in [0.29, 0.717) is 31.8 Å². The fourth-order valence-corrected chi connectivity index (χ4v) is 2.32. The van der Waals surface area contributed by atoms with Crippen LogP contribution in [0.5, 0.6) is 5.75 Å². The molecule has 28 heavy (non-hydrogen) atoms. The van der Waals surface area contributed by atoms with E-state index in [0.717, 1.165) is 18.3 Å². The number of pyridine rings is 1. The van der Waals surface area contributed by atoms with Crippen LogP contribution in [0.25, 0.3) is 0 Å². The molecule has 0 saturated heterocycles. The highest BCUT2D eigenvalue weighted by Gasteiger charge is 2.07. The summed E-state index contributed by atoms with van der Waals surface area (Å²) in [5.74, 6) is 1.49. The number of amides is 1. The van der Waals surface area contributed by atoms with Crippen molar-refractivity contribution in [1.82, 2.24) is 20.5 Å². The molecule has 152 valence electrons. The number of carbonyl (C=O) groups is 1. The number of aliphatic imine (C=N–C) groups is 1. The molecule has 1 heterocycles. The van der Waals surface area contributed by atoms with Crippen LogP contribution in [0, 0.1) is 0 Å². The molecule has 2 aromatic rings. The topological polar surface area (TPSA) is 78.8 Å². The zero-order valence-electron chi connectivity index (χ0n) is 16.3. The first-order valence-electron chi connectivity index (χ1n) is 9.06. The molecule has 8 heteroatoms. The van der Waals surface area contributed by atoms with Gasteiger partial charge in [0.15, 0.2) is 5.96 Å². The second-order valence-corrected chi connectivity index (χ2v) is 5.82. The first kappa shape index (κ1) is 23.7. The molecule has 0 atom stereocenters. The van der Waals surface area contributed by atoms with Crippen molar-refractivity contribution in [3.8, 4) is 5.75 Å². The number of rotatable bonds is 9. The van der Waals surface area contributed by atoms with Crippen molar-refractivity contribution in [2.75, 3.05) is 39.8 Å². The Kier molecular flexibility index (Phi) is 11.6. The van der Waals surface area contributed by atoms with Crippen molar-refractivity contribution in [3.05, 3.63) is 60.4 Å². The fourth-order valence-electron chi connectivity index (χ4n) is 2.32. The summed E-state index contributed by atoms with van der Waals surface area (Å²) in [6, 6.07) is 13.2. The minimum absolute atomic E-state index is 0. The monoisotopic (exact) mass is 497 g/mol. The Balaban J connectivity index is 0.00000392. The summed E-state index contributed by atoms with van der Waals surface area (Å²) in [5, 5.41) is 6.09. The van der Waals surface area contributed by atoms with Crippen molar-refractivity contribution in [2.45, 2.75) is 6.92 Å². The van der Waals surface area contributed by atoms with Crippen molar-refractivity contribution in [1.29, 1.82) is 0 Å². The maximum Gasteiger partial charge on any atom is 0.252 e. The maximum absolute atomic E-state index is 12.0.